The zero-order valence-corrected chi connectivity index (χ0v) is 11.3. The molecule has 2 fully saturated rings. The van der Waals surface area contributed by atoms with E-state index in [4.69, 9.17) is 4.74 Å². The lowest BCUT2D eigenvalue weighted by molar-refractivity contribution is -0.183. The molecule has 1 N–H and O–H groups in total. The predicted molar refractivity (Wildman–Crippen MR) is 68.0 cm³/mol. The lowest BCUT2D eigenvalue weighted by Crippen LogP contribution is -2.40. The number of nitrogens with one attached hydrogen (secondary N) is 1. The maximum absolute atomic E-state index is 12.7. The summed E-state index contributed by atoms with van der Waals surface area (Å²) in [6.45, 7) is 1.30. The minimum Gasteiger partial charge on any atom is -0.377 e. The first-order chi connectivity index (χ1) is 9.05. The van der Waals surface area contributed by atoms with E-state index in [0.29, 0.717) is 32.1 Å². The van der Waals surface area contributed by atoms with Gasteiger partial charge in [0.15, 0.2) is 0 Å². The average molecular weight is 279 g/mol. The highest BCUT2D eigenvalue weighted by Gasteiger charge is 2.41. The van der Waals surface area contributed by atoms with Crippen LogP contribution in [0.5, 0.6) is 0 Å². The number of hydrogen-bond donors (Lipinski definition) is 1. The highest BCUT2D eigenvalue weighted by molar-refractivity contribution is 4.81. The lowest BCUT2D eigenvalue weighted by atomic mass is 9.85. The Morgan fingerprint density at radius 1 is 1.00 bits per heavy atom. The highest BCUT2D eigenvalue weighted by atomic mass is 19.4. The average Bonchev–Trinajstić information content (AvgIpc) is 2.87. The summed E-state index contributed by atoms with van der Waals surface area (Å²) in [5.74, 6) is -1.12. The van der Waals surface area contributed by atoms with E-state index in [1.54, 1.807) is 0 Å². The Morgan fingerprint density at radius 3 is 2.42 bits per heavy atom. The smallest absolute Gasteiger partial charge is 0.377 e. The van der Waals surface area contributed by atoms with Gasteiger partial charge in [0.2, 0.25) is 0 Å². The van der Waals surface area contributed by atoms with Crippen LogP contribution in [0.4, 0.5) is 13.2 Å². The van der Waals surface area contributed by atoms with Crippen molar-refractivity contribution in [3.8, 4) is 0 Å². The van der Waals surface area contributed by atoms with Gasteiger partial charge in [-0.15, -0.1) is 0 Å². The van der Waals surface area contributed by atoms with Crippen LogP contribution >= 0.6 is 0 Å². The molecule has 0 aromatic rings. The van der Waals surface area contributed by atoms with Gasteiger partial charge >= 0.3 is 6.18 Å². The molecule has 2 aliphatic rings. The molecule has 2 rings (SSSR count). The number of halogens is 3. The third kappa shape index (κ3) is 4.95. The molecule has 0 heterocycles. The van der Waals surface area contributed by atoms with Crippen LogP contribution in [0.15, 0.2) is 0 Å². The van der Waals surface area contributed by atoms with Crippen molar-refractivity contribution in [1.82, 2.24) is 5.32 Å². The van der Waals surface area contributed by atoms with Crippen molar-refractivity contribution in [2.24, 2.45) is 5.92 Å². The van der Waals surface area contributed by atoms with E-state index in [9.17, 15) is 13.2 Å². The molecule has 2 atom stereocenters. The Bertz CT molecular complexity index is 264. The van der Waals surface area contributed by atoms with Gasteiger partial charge in [-0.05, 0) is 32.1 Å². The molecule has 2 nitrogen and oxygen atoms in total. The molecule has 2 unspecified atom stereocenters. The third-order valence-electron chi connectivity index (χ3n) is 4.33. The summed E-state index contributed by atoms with van der Waals surface area (Å²) >= 11 is 0. The Hall–Kier alpha value is -0.290. The zero-order chi connectivity index (χ0) is 13.7. The zero-order valence-electron chi connectivity index (χ0n) is 11.3. The molecule has 0 bridgehead atoms. The molecule has 0 aliphatic heterocycles. The van der Waals surface area contributed by atoms with Gasteiger partial charge in [0.25, 0.3) is 0 Å². The Labute approximate surface area is 113 Å². The number of alkyl halides is 3. The van der Waals surface area contributed by atoms with E-state index < -0.39 is 12.1 Å². The van der Waals surface area contributed by atoms with E-state index in [1.807, 2.05) is 0 Å². The van der Waals surface area contributed by atoms with Crippen molar-refractivity contribution in [3.63, 3.8) is 0 Å². The van der Waals surface area contributed by atoms with Gasteiger partial charge in [0.05, 0.1) is 18.6 Å². The van der Waals surface area contributed by atoms with Crippen LogP contribution < -0.4 is 5.32 Å². The fourth-order valence-corrected chi connectivity index (χ4v) is 3.22. The SMILES string of the molecule is FC(F)(F)C1CCCC(NCCOC2CCCC2)C1. The molecule has 2 saturated carbocycles. The molecule has 5 heteroatoms. The summed E-state index contributed by atoms with van der Waals surface area (Å²) in [7, 11) is 0. The molecular weight excluding hydrogens is 255 g/mol. The Morgan fingerprint density at radius 2 is 1.74 bits per heavy atom. The Kier molecular flexibility index (Phi) is 5.51. The largest absolute Gasteiger partial charge is 0.391 e. The van der Waals surface area contributed by atoms with E-state index in [2.05, 4.69) is 5.32 Å². The van der Waals surface area contributed by atoms with Crippen LogP contribution in [0.3, 0.4) is 0 Å². The van der Waals surface area contributed by atoms with Gasteiger partial charge in [0.1, 0.15) is 0 Å². The molecule has 0 spiro atoms. The first kappa shape index (κ1) is 15.1. The van der Waals surface area contributed by atoms with Crippen LogP contribution in [0.25, 0.3) is 0 Å². The predicted octanol–water partition coefficient (Wildman–Crippen LogP) is 3.66. The van der Waals surface area contributed by atoms with Gasteiger partial charge in [0, 0.05) is 12.6 Å². The standard InChI is InChI=1S/C14H24F3NO/c15-14(16,17)11-4-3-5-12(10-11)18-8-9-19-13-6-1-2-7-13/h11-13,18H,1-10H2. The summed E-state index contributed by atoms with van der Waals surface area (Å²) in [5, 5.41) is 3.22. The second-order valence-electron chi connectivity index (χ2n) is 5.83. The van der Waals surface area contributed by atoms with Gasteiger partial charge < -0.3 is 10.1 Å². The van der Waals surface area contributed by atoms with Crippen LogP contribution in [0, 0.1) is 5.92 Å². The van der Waals surface area contributed by atoms with Gasteiger partial charge in [-0.2, -0.15) is 13.2 Å². The minimum absolute atomic E-state index is 0.00699. The van der Waals surface area contributed by atoms with Crippen molar-refractivity contribution in [2.75, 3.05) is 13.2 Å². The molecule has 112 valence electrons. The summed E-state index contributed by atoms with van der Waals surface area (Å²) in [4.78, 5) is 0. The van der Waals surface area contributed by atoms with Gasteiger partial charge in [-0.3, -0.25) is 0 Å². The van der Waals surface area contributed by atoms with Crippen LogP contribution in [0.2, 0.25) is 0 Å². The molecule has 2 aliphatic carbocycles. The molecule has 0 aromatic carbocycles. The van der Waals surface area contributed by atoms with E-state index in [1.165, 1.54) is 12.8 Å². The first-order valence-electron chi connectivity index (χ1n) is 7.47. The highest BCUT2D eigenvalue weighted by Crippen LogP contribution is 2.37. The summed E-state index contributed by atoms with van der Waals surface area (Å²) in [5.41, 5.74) is 0. The first-order valence-corrected chi connectivity index (χ1v) is 7.47. The maximum atomic E-state index is 12.7. The van der Waals surface area contributed by atoms with Crippen LogP contribution in [0.1, 0.15) is 51.4 Å². The van der Waals surface area contributed by atoms with E-state index >= 15 is 0 Å². The molecule has 0 amide bonds. The summed E-state index contributed by atoms with van der Waals surface area (Å²) in [6, 6.07) is 0.00699. The number of ether oxygens (including phenoxy) is 1. The van der Waals surface area contributed by atoms with Crippen LogP contribution in [-0.4, -0.2) is 31.5 Å². The van der Waals surface area contributed by atoms with Crippen molar-refractivity contribution in [1.29, 1.82) is 0 Å². The van der Waals surface area contributed by atoms with Crippen molar-refractivity contribution in [2.45, 2.75) is 69.7 Å². The van der Waals surface area contributed by atoms with Gasteiger partial charge in [-0.1, -0.05) is 19.3 Å². The summed E-state index contributed by atoms with van der Waals surface area (Å²) in [6.07, 6.45) is 3.17. The second-order valence-corrected chi connectivity index (χ2v) is 5.83. The quantitative estimate of drug-likeness (QED) is 0.776. The second kappa shape index (κ2) is 6.93. The van der Waals surface area contributed by atoms with Crippen LogP contribution in [-0.2, 0) is 4.74 Å². The van der Waals surface area contributed by atoms with E-state index in [0.717, 1.165) is 19.3 Å². The summed E-state index contributed by atoms with van der Waals surface area (Å²) < 4.78 is 43.7. The fraction of sp³-hybridized carbons (Fsp3) is 1.00. The lowest BCUT2D eigenvalue weighted by Gasteiger charge is -2.31. The molecule has 0 aromatic heterocycles. The van der Waals surface area contributed by atoms with Crippen molar-refractivity contribution < 1.29 is 17.9 Å². The van der Waals surface area contributed by atoms with Gasteiger partial charge in [-0.25, -0.2) is 0 Å². The molecular formula is C14H24F3NO. The number of rotatable bonds is 5. The topological polar surface area (TPSA) is 21.3 Å². The normalized spacial score (nSPS) is 29.8. The molecule has 19 heavy (non-hydrogen) atoms. The van der Waals surface area contributed by atoms with Crippen molar-refractivity contribution >= 4 is 0 Å². The minimum atomic E-state index is -4.03. The Balaban J connectivity index is 1.60. The fourth-order valence-electron chi connectivity index (χ4n) is 3.22. The monoisotopic (exact) mass is 279 g/mol. The third-order valence-corrected chi connectivity index (χ3v) is 4.33. The van der Waals surface area contributed by atoms with Crippen molar-refractivity contribution in [3.05, 3.63) is 0 Å². The molecule has 0 saturated heterocycles. The number of hydrogen-bond acceptors (Lipinski definition) is 2. The maximum Gasteiger partial charge on any atom is 0.391 e. The van der Waals surface area contributed by atoms with E-state index in [-0.39, 0.29) is 12.5 Å². The molecule has 0 radical (unpaired) electrons.